The number of nitrogens with one attached hydrogen (secondary N) is 1. The van der Waals surface area contributed by atoms with Gasteiger partial charge in [0.25, 0.3) is 0 Å². The summed E-state index contributed by atoms with van der Waals surface area (Å²) in [5.74, 6) is -0.222. The average molecular weight is 156 g/mol. The normalized spacial score (nSPS) is 20.8. The topological polar surface area (TPSA) is 55.1 Å². The number of rotatable bonds is 4. The maximum atomic E-state index is 10.4. The van der Waals surface area contributed by atoms with Gasteiger partial charge in [0.2, 0.25) is 5.91 Å². The number of nitrogens with two attached hydrogens (primary N) is 1. The second kappa shape index (κ2) is 3.22. The Morgan fingerprint density at radius 3 is 2.64 bits per heavy atom. The first-order valence-corrected chi connectivity index (χ1v) is 4.16. The molecule has 1 aliphatic rings. The molecule has 3 nitrogen and oxygen atoms in total. The van der Waals surface area contributed by atoms with Crippen LogP contribution in [0.25, 0.3) is 0 Å². The van der Waals surface area contributed by atoms with Crippen molar-refractivity contribution in [2.75, 3.05) is 6.54 Å². The van der Waals surface area contributed by atoms with Gasteiger partial charge in [0, 0.05) is 18.5 Å². The molecule has 0 aromatic carbocycles. The molecule has 0 atom stereocenters. The van der Waals surface area contributed by atoms with Gasteiger partial charge in [-0.15, -0.1) is 0 Å². The van der Waals surface area contributed by atoms with Crippen molar-refractivity contribution in [3.05, 3.63) is 0 Å². The van der Waals surface area contributed by atoms with Crippen LogP contribution in [0.3, 0.4) is 0 Å². The van der Waals surface area contributed by atoms with Gasteiger partial charge in [-0.05, 0) is 26.2 Å². The van der Waals surface area contributed by atoms with Gasteiger partial charge in [-0.2, -0.15) is 0 Å². The molecule has 0 spiro atoms. The Morgan fingerprint density at radius 1 is 1.64 bits per heavy atom. The molecule has 0 heterocycles. The van der Waals surface area contributed by atoms with E-state index in [1.165, 1.54) is 19.3 Å². The quantitative estimate of drug-likeness (QED) is 0.618. The van der Waals surface area contributed by atoms with Gasteiger partial charge in [-0.1, -0.05) is 0 Å². The van der Waals surface area contributed by atoms with Crippen LogP contribution in [0.15, 0.2) is 0 Å². The predicted octanol–water partition coefficient (Wildman–Crippen LogP) is 0.394. The monoisotopic (exact) mass is 156 g/mol. The van der Waals surface area contributed by atoms with Crippen molar-refractivity contribution in [1.29, 1.82) is 0 Å². The molecule has 1 saturated carbocycles. The summed E-state index contributed by atoms with van der Waals surface area (Å²) in [5.41, 5.74) is 5.30. The summed E-state index contributed by atoms with van der Waals surface area (Å²) in [4.78, 5) is 10.4. The third kappa shape index (κ3) is 2.50. The van der Waals surface area contributed by atoms with E-state index < -0.39 is 0 Å². The lowest BCUT2D eigenvalue weighted by molar-refractivity contribution is -0.118. The van der Waals surface area contributed by atoms with Crippen molar-refractivity contribution < 1.29 is 4.79 Å². The maximum Gasteiger partial charge on any atom is 0.218 e. The Morgan fingerprint density at radius 2 is 2.27 bits per heavy atom. The van der Waals surface area contributed by atoms with E-state index in [0.717, 1.165) is 6.54 Å². The number of hydrogen-bond acceptors (Lipinski definition) is 2. The van der Waals surface area contributed by atoms with Crippen LogP contribution in [0.5, 0.6) is 0 Å². The van der Waals surface area contributed by atoms with Gasteiger partial charge in [0.05, 0.1) is 0 Å². The summed E-state index contributed by atoms with van der Waals surface area (Å²) in [5, 5.41) is 3.33. The van der Waals surface area contributed by atoms with Crippen LogP contribution < -0.4 is 11.1 Å². The van der Waals surface area contributed by atoms with E-state index in [9.17, 15) is 4.79 Å². The van der Waals surface area contributed by atoms with Crippen LogP contribution in [0.4, 0.5) is 0 Å². The lowest BCUT2D eigenvalue weighted by Gasteiger charge is -2.39. The molecule has 0 saturated heterocycles. The fourth-order valence-electron chi connectivity index (χ4n) is 1.37. The molecular weight excluding hydrogens is 140 g/mol. The van der Waals surface area contributed by atoms with Gasteiger partial charge in [0.1, 0.15) is 0 Å². The largest absolute Gasteiger partial charge is 0.370 e. The molecule has 11 heavy (non-hydrogen) atoms. The van der Waals surface area contributed by atoms with E-state index in [1.54, 1.807) is 0 Å². The van der Waals surface area contributed by atoms with E-state index in [0.29, 0.717) is 12.0 Å². The molecule has 64 valence electrons. The minimum Gasteiger partial charge on any atom is -0.370 e. The average Bonchev–Trinajstić information content (AvgIpc) is 1.83. The number of primary amides is 1. The number of hydrogen-bond donors (Lipinski definition) is 2. The predicted molar refractivity (Wildman–Crippen MR) is 44.1 cm³/mol. The second-order valence-corrected chi connectivity index (χ2v) is 3.56. The molecule has 3 N–H and O–H groups in total. The third-order valence-corrected chi connectivity index (χ3v) is 2.38. The van der Waals surface area contributed by atoms with Crippen molar-refractivity contribution in [2.24, 2.45) is 5.73 Å². The fraction of sp³-hybridized carbons (Fsp3) is 0.875. The van der Waals surface area contributed by atoms with Crippen LogP contribution >= 0.6 is 0 Å². The van der Waals surface area contributed by atoms with Crippen LogP contribution in [-0.4, -0.2) is 18.0 Å². The van der Waals surface area contributed by atoms with Crippen LogP contribution in [0.1, 0.15) is 32.6 Å². The minimum absolute atomic E-state index is 0.222. The molecule has 0 aromatic rings. The smallest absolute Gasteiger partial charge is 0.218 e. The highest BCUT2D eigenvalue weighted by atomic mass is 16.1. The zero-order valence-electron chi connectivity index (χ0n) is 7.02. The first-order valence-electron chi connectivity index (χ1n) is 4.16. The number of carbonyl (C=O) groups is 1. The zero-order valence-corrected chi connectivity index (χ0v) is 7.02. The van der Waals surface area contributed by atoms with Crippen molar-refractivity contribution in [1.82, 2.24) is 5.32 Å². The Bertz CT molecular complexity index is 152. The molecule has 3 heteroatoms. The number of carbonyl (C=O) groups excluding carboxylic acids is 1. The lowest BCUT2D eigenvalue weighted by atomic mass is 9.78. The molecule has 0 aromatic heterocycles. The Balaban J connectivity index is 2.07. The molecule has 1 fully saturated rings. The standard InChI is InChI=1S/C8H16N2O/c1-8(4-2-5-8)10-6-3-7(9)11/h10H,2-6H2,1H3,(H2,9,11). The van der Waals surface area contributed by atoms with E-state index in [4.69, 9.17) is 5.73 Å². The SMILES string of the molecule is CC1(NCCC(N)=O)CCC1. The van der Waals surface area contributed by atoms with Gasteiger partial charge >= 0.3 is 0 Å². The van der Waals surface area contributed by atoms with Gasteiger partial charge in [-0.3, -0.25) is 4.79 Å². The highest BCUT2D eigenvalue weighted by Crippen LogP contribution is 2.30. The van der Waals surface area contributed by atoms with Crippen molar-refractivity contribution in [3.8, 4) is 0 Å². The maximum absolute atomic E-state index is 10.4. The van der Waals surface area contributed by atoms with E-state index in [2.05, 4.69) is 12.2 Å². The molecular formula is C8H16N2O. The van der Waals surface area contributed by atoms with Crippen LogP contribution in [-0.2, 0) is 4.79 Å². The minimum atomic E-state index is -0.222. The summed E-state index contributed by atoms with van der Waals surface area (Å²) < 4.78 is 0. The summed E-state index contributed by atoms with van der Waals surface area (Å²) in [6, 6.07) is 0. The summed E-state index contributed by atoms with van der Waals surface area (Å²) >= 11 is 0. The highest BCUT2D eigenvalue weighted by molar-refractivity contribution is 5.73. The summed E-state index contributed by atoms with van der Waals surface area (Å²) in [6.07, 6.45) is 4.22. The zero-order chi connectivity index (χ0) is 8.32. The van der Waals surface area contributed by atoms with Gasteiger partial charge in [0.15, 0.2) is 0 Å². The second-order valence-electron chi connectivity index (χ2n) is 3.56. The fourth-order valence-corrected chi connectivity index (χ4v) is 1.37. The van der Waals surface area contributed by atoms with Crippen molar-refractivity contribution in [2.45, 2.75) is 38.1 Å². The summed E-state index contributed by atoms with van der Waals surface area (Å²) in [7, 11) is 0. The van der Waals surface area contributed by atoms with E-state index in [-0.39, 0.29) is 5.91 Å². The highest BCUT2D eigenvalue weighted by Gasteiger charge is 2.30. The first-order chi connectivity index (χ1) is 5.12. The van der Waals surface area contributed by atoms with E-state index >= 15 is 0 Å². The van der Waals surface area contributed by atoms with Crippen molar-refractivity contribution >= 4 is 5.91 Å². The Kier molecular flexibility index (Phi) is 2.49. The Labute approximate surface area is 67.3 Å². The molecule has 1 aliphatic carbocycles. The summed E-state index contributed by atoms with van der Waals surface area (Å²) in [6.45, 7) is 2.92. The molecule has 0 aliphatic heterocycles. The molecule has 0 unspecified atom stereocenters. The lowest BCUT2D eigenvalue weighted by Crippen LogP contribution is -2.48. The van der Waals surface area contributed by atoms with Crippen LogP contribution in [0, 0.1) is 0 Å². The molecule has 0 radical (unpaired) electrons. The number of amides is 1. The molecule has 1 amide bonds. The van der Waals surface area contributed by atoms with E-state index in [1.807, 2.05) is 0 Å². The van der Waals surface area contributed by atoms with Gasteiger partial charge in [-0.25, -0.2) is 0 Å². The third-order valence-electron chi connectivity index (χ3n) is 2.38. The Hall–Kier alpha value is -0.570. The van der Waals surface area contributed by atoms with Crippen LogP contribution in [0.2, 0.25) is 0 Å². The molecule has 1 rings (SSSR count). The molecule has 0 bridgehead atoms. The first kappa shape index (κ1) is 8.53. The van der Waals surface area contributed by atoms with Gasteiger partial charge < -0.3 is 11.1 Å². The van der Waals surface area contributed by atoms with Crippen molar-refractivity contribution in [3.63, 3.8) is 0 Å².